The topological polar surface area (TPSA) is 81.4 Å². The lowest BCUT2D eigenvalue weighted by atomic mass is 10.2. The molecule has 1 N–H and O–H groups in total. The van der Waals surface area contributed by atoms with Crippen LogP contribution in [0.3, 0.4) is 0 Å². The maximum atomic E-state index is 12.6. The fraction of sp³-hybridized carbons (Fsp3) is 0.167. The van der Waals surface area contributed by atoms with Crippen LogP contribution in [0.2, 0.25) is 0 Å². The van der Waals surface area contributed by atoms with Crippen molar-refractivity contribution in [3.05, 3.63) is 65.0 Å². The number of carboxylic acids is 1. The number of carbonyl (C=O) groups is 1. The second kappa shape index (κ2) is 7.85. The first-order valence-electron chi connectivity index (χ1n) is 7.67. The number of aliphatic carboxylic acids is 1. The molecular weight excluding hydrogens is 340 g/mol. The Labute approximate surface area is 148 Å². The van der Waals surface area contributed by atoms with Gasteiger partial charge in [-0.05, 0) is 24.3 Å². The third-order valence-corrected chi connectivity index (χ3v) is 4.39. The number of hydrogen-bond acceptors (Lipinski definition) is 5. The van der Waals surface area contributed by atoms with Crippen molar-refractivity contribution < 1.29 is 14.6 Å². The van der Waals surface area contributed by atoms with Crippen molar-refractivity contribution >= 4 is 28.6 Å². The molecule has 0 atom stereocenters. The summed E-state index contributed by atoms with van der Waals surface area (Å²) in [6.45, 7) is 0.00297. The van der Waals surface area contributed by atoms with Crippen molar-refractivity contribution in [1.29, 1.82) is 0 Å². The van der Waals surface area contributed by atoms with Crippen molar-refractivity contribution in [2.45, 2.75) is 11.7 Å². The van der Waals surface area contributed by atoms with E-state index >= 15 is 0 Å². The van der Waals surface area contributed by atoms with Gasteiger partial charge in [0.05, 0.1) is 17.5 Å². The van der Waals surface area contributed by atoms with Gasteiger partial charge >= 0.3 is 5.97 Å². The first kappa shape index (κ1) is 17.0. The van der Waals surface area contributed by atoms with Crippen LogP contribution in [0.4, 0.5) is 0 Å². The SMILES string of the molecule is O=C(O)Cn1c(SCCOc2ccccc2)nc2ccccc2c1=O. The van der Waals surface area contributed by atoms with E-state index in [1.807, 2.05) is 30.3 Å². The van der Waals surface area contributed by atoms with E-state index < -0.39 is 12.5 Å². The highest BCUT2D eigenvalue weighted by atomic mass is 32.2. The second-order valence-corrected chi connectivity index (χ2v) is 6.27. The Hall–Kier alpha value is -2.80. The molecule has 3 aromatic rings. The smallest absolute Gasteiger partial charge is 0.323 e. The van der Waals surface area contributed by atoms with Crippen LogP contribution >= 0.6 is 11.8 Å². The Morgan fingerprint density at radius 3 is 2.60 bits per heavy atom. The molecule has 2 aromatic carbocycles. The number of benzene rings is 2. The Kier molecular flexibility index (Phi) is 5.35. The van der Waals surface area contributed by atoms with Gasteiger partial charge in [-0.25, -0.2) is 4.98 Å². The molecule has 0 bridgehead atoms. The Morgan fingerprint density at radius 2 is 1.84 bits per heavy atom. The summed E-state index contributed by atoms with van der Waals surface area (Å²) in [5, 5.41) is 9.88. The molecule has 0 spiro atoms. The quantitative estimate of drug-likeness (QED) is 0.398. The minimum absolute atomic E-state index is 0.348. The normalized spacial score (nSPS) is 10.7. The highest BCUT2D eigenvalue weighted by molar-refractivity contribution is 7.99. The van der Waals surface area contributed by atoms with Gasteiger partial charge in [0.1, 0.15) is 12.3 Å². The molecule has 0 unspecified atom stereocenters. The number of carboxylic acid groups (broad SMARTS) is 1. The monoisotopic (exact) mass is 356 g/mol. The Morgan fingerprint density at radius 1 is 1.12 bits per heavy atom. The van der Waals surface area contributed by atoms with Gasteiger partial charge in [0.2, 0.25) is 0 Å². The number of rotatable bonds is 7. The van der Waals surface area contributed by atoms with E-state index in [0.29, 0.717) is 28.4 Å². The largest absolute Gasteiger partial charge is 0.493 e. The highest BCUT2D eigenvalue weighted by Gasteiger charge is 2.13. The molecule has 1 heterocycles. The predicted molar refractivity (Wildman–Crippen MR) is 96.3 cm³/mol. The van der Waals surface area contributed by atoms with Crippen molar-refractivity contribution in [3.8, 4) is 5.75 Å². The third-order valence-electron chi connectivity index (χ3n) is 3.45. The molecule has 1 aromatic heterocycles. The minimum atomic E-state index is -1.08. The van der Waals surface area contributed by atoms with Gasteiger partial charge in [-0.3, -0.25) is 14.2 Å². The molecule has 0 aliphatic rings. The number of ether oxygens (including phenoxy) is 1. The van der Waals surface area contributed by atoms with E-state index in [4.69, 9.17) is 9.84 Å². The van der Waals surface area contributed by atoms with Crippen LogP contribution in [-0.4, -0.2) is 33.0 Å². The van der Waals surface area contributed by atoms with Crippen LogP contribution < -0.4 is 10.3 Å². The predicted octanol–water partition coefficient (Wildman–Crippen LogP) is 2.65. The van der Waals surface area contributed by atoms with Gasteiger partial charge in [0, 0.05) is 5.75 Å². The van der Waals surface area contributed by atoms with Crippen LogP contribution in [0.5, 0.6) is 5.75 Å². The number of aromatic nitrogens is 2. The molecule has 25 heavy (non-hydrogen) atoms. The summed E-state index contributed by atoms with van der Waals surface area (Å²) in [5.74, 6) is 0.221. The molecule has 0 saturated carbocycles. The first-order valence-corrected chi connectivity index (χ1v) is 8.66. The molecule has 6 nitrogen and oxygen atoms in total. The Bertz CT molecular complexity index is 941. The number of para-hydroxylation sites is 2. The lowest BCUT2D eigenvalue weighted by Crippen LogP contribution is -2.27. The zero-order chi connectivity index (χ0) is 17.6. The molecule has 3 rings (SSSR count). The zero-order valence-corrected chi connectivity index (χ0v) is 14.1. The molecule has 7 heteroatoms. The summed E-state index contributed by atoms with van der Waals surface area (Å²) in [6.07, 6.45) is 0. The Balaban J connectivity index is 1.79. The second-order valence-electron chi connectivity index (χ2n) is 5.21. The average molecular weight is 356 g/mol. The zero-order valence-electron chi connectivity index (χ0n) is 13.3. The summed E-state index contributed by atoms with van der Waals surface area (Å²) in [6, 6.07) is 16.3. The number of fused-ring (bicyclic) bond motifs is 1. The van der Waals surface area contributed by atoms with Crippen molar-refractivity contribution in [1.82, 2.24) is 9.55 Å². The number of nitrogens with zero attached hydrogens (tertiary/aromatic N) is 2. The lowest BCUT2D eigenvalue weighted by molar-refractivity contribution is -0.137. The van der Waals surface area contributed by atoms with Gasteiger partial charge < -0.3 is 9.84 Å². The fourth-order valence-electron chi connectivity index (χ4n) is 2.34. The van der Waals surface area contributed by atoms with Gasteiger partial charge in [-0.15, -0.1) is 0 Å². The van der Waals surface area contributed by atoms with Crippen LogP contribution in [-0.2, 0) is 11.3 Å². The summed E-state index contributed by atoms with van der Waals surface area (Å²) in [5.41, 5.74) is 0.208. The van der Waals surface area contributed by atoms with E-state index in [1.165, 1.54) is 16.3 Å². The van der Waals surface area contributed by atoms with Crippen molar-refractivity contribution in [3.63, 3.8) is 0 Å². The molecule has 0 fully saturated rings. The van der Waals surface area contributed by atoms with Crippen molar-refractivity contribution in [2.75, 3.05) is 12.4 Å². The molecular formula is C18H16N2O4S. The van der Waals surface area contributed by atoms with E-state index in [-0.39, 0.29) is 5.56 Å². The van der Waals surface area contributed by atoms with Gasteiger partial charge in [-0.1, -0.05) is 42.1 Å². The number of hydrogen-bond donors (Lipinski definition) is 1. The van der Waals surface area contributed by atoms with E-state index in [9.17, 15) is 9.59 Å². The van der Waals surface area contributed by atoms with Gasteiger partial charge in [0.25, 0.3) is 5.56 Å². The summed E-state index contributed by atoms with van der Waals surface area (Å²) < 4.78 is 6.81. The van der Waals surface area contributed by atoms with E-state index in [2.05, 4.69) is 4.98 Å². The van der Waals surface area contributed by atoms with Crippen LogP contribution in [0.1, 0.15) is 0 Å². The number of thioether (sulfide) groups is 1. The molecule has 128 valence electrons. The molecule has 0 saturated heterocycles. The fourth-order valence-corrected chi connectivity index (χ4v) is 3.16. The first-order chi connectivity index (χ1) is 12.1. The van der Waals surface area contributed by atoms with E-state index in [1.54, 1.807) is 24.3 Å². The van der Waals surface area contributed by atoms with Crippen molar-refractivity contribution in [2.24, 2.45) is 0 Å². The molecule has 0 radical (unpaired) electrons. The average Bonchev–Trinajstić information content (AvgIpc) is 2.62. The molecule has 0 aliphatic heterocycles. The molecule has 0 amide bonds. The minimum Gasteiger partial charge on any atom is -0.493 e. The van der Waals surface area contributed by atoms with Gasteiger partial charge in [0.15, 0.2) is 5.16 Å². The summed E-state index contributed by atoms with van der Waals surface area (Å²) >= 11 is 1.30. The van der Waals surface area contributed by atoms with Crippen LogP contribution in [0, 0.1) is 0 Å². The standard InChI is InChI=1S/C18H16N2O4S/c21-16(22)12-20-17(23)14-8-4-5-9-15(14)19-18(20)25-11-10-24-13-6-2-1-3-7-13/h1-9H,10-12H2,(H,21,22). The lowest BCUT2D eigenvalue weighted by Gasteiger charge is -2.11. The summed E-state index contributed by atoms with van der Waals surface area (Å²) in [7, 11) is 0. The van der Waals surface area contributed by atoms with Crippen LogP contribution in [0.15, 0.2) is 64.5 Å². The van der Waals surface area contributed by atoms with Crippen LogP contribution in [0.25, 0.3) is 10.9 Å². The summed E-state index contributed by atoms with van der Waals surface area (Å²) in [4.78, 5) is 28.1. The highest BCUT2D eigenvalue weighted by Crippen LogP contribution is 2.18. The maximum Gasteiger partial charge on any atom is 0.323 e. The third kappa shape index (κ3) is 4.19. The maximum absolute atomic E-state index is 12.6. The molecule has 0 aliphatic carbocycles. The van der Waals surface area contributed by atoms with E-state index in [0.717, 1.165) is 5.75 Å². The van der Waals surface area contributed by atoms with Gasteiger partial charge in [-0.2, -0.15) is 0 Å².